The summed E-state index contributed by atoms with van der Waals surface area (Å²) in [5, 5.41) is 6.87. The van der Waals surface area contributed by atoms with E-state index in [2.05, 4.69) is 21.0 Å². The fourth-order valence-electron chi connectivity index (χ4n) is 1.86. The van der Waals surface area contributed by atoms with Crippen LogP contribution in [0, 0.1) is 6.92 Å². The Morgan fingerprint density at radius 2 is 2.26 bits per heavy atom. The van der Waals surface area contributed by atoms with Crippen LogP contribution in [0.15, 0.2) is 9.85 Å². The normalized spacial score (nSPS) is 11.0. The molecule has 0 aliphatic heterocycles. The number of halogens is 2. The second-order valence-electron chi connectivity index (χ2n) is 4.35. The van der Waals surface area contributed by atoms with Crippen LogP contribution in [-0.4, -0.2) is 15.6 Å². The molecule has 0 saturated carbocycles. The van der Waals surface area contributed by atoms with Crippen molar-refractivity contribution in [2.75, 3.05) is 0 Å². The maximum absolute atomic E-state index is 12.3. The van der Waals surface area contributed by atoms with Crippen LogP contribution in [0.5, 0.6) is 0 Å². The number of carbonyl (C=O) groups is 1. The van der Waals surface area contributed by atoms with Crippen molar-refractivity contribution in [3.8, 4) is 0 Å². The molecule has 2 rings (SSSR count). The quantitative estimate of drug-likeness (QED) is 0.765. The highest BCUT2D eigenvalue weighted by Gasteiger charge is 2.20. The third kappa shape index (κ3) is 2.78. The standard InChI is InChI=1S/C13H14BrClN2OS/c1-4-8-11(14)9(17(3)16-8)5-10(18)13-12(15)7(2)6-19-13/h6H,4-5H2,1-3H3. The molecule has 0 atom stereocenters. The molecule has 2 aromatic rings. The Hall–Kier alpha value is -0.650. The summed E-state index contributed by atoms with van der Waals surface area (Å²) in [4.78, 5) is 12.9. The van der Waals surface area contributed by atoms with Gasteiger partial charge in [-0.1, -0.05) is 18.5 Å². The number of Topliss-reactive ketones (excluding diaryl/α,β-unsaturated/α-hetero) is 1. The molecule has 2 aromatic heterocycles. The Morgan fingerprint density at radius 1 is 1.58 bits per heavy atom. The van der Waals surface area contributed by atoms with Gasteiger partial charge in [0.2, 0.25) is 0 Å². The molecule has 6 heteroatoms. The topological polar surface area (TPSA) is 34.9 Å². The molecule has 0 N–H and O–H groups in total. The van der Waals surface area contributed by atoms with Gasteiger partial charge in [0, 0.05) is 7.05 Å². The van der Waals surface area contributed by atoms with E-state index in [1.807, 2.05) is 26.3 Å². The van der Waals surface area contributed by atoms with Crippen LogP contribution < -0.4 is 0 Å². The zero-order valence-corrected chi connectivity index (χ0v) is 14.1. The minimum Gasteiger partial charge on any atom is -0.293 e. The number of aromatic nitrogens is 2. The molecule has 0 amide bonds. The van der Waals surface area contributed by atoms with E-state index in [4.69, 9.17) is 11.6 Å². The minimum atomic E-state index is 0.0365. The molecule has 2 heterocycles. The Bertz CT molecular complexity index is 633. The second kappa shape index (κ2) is 5.77. The highest BCUT2D eigenvalue weighted by atomic mass is 79.9. The smallest absolute Gasteiger partial charge is 0.180 e. The molecule has 102 valence electrons. The van der Waals surface area contributed by atoms with Gasteiger partial charge in [0.1, 0.15) is 0 Å². The number of hydrogen-bond donors (Lipinski definition) is 0. The van der Waals surface area contributed by atoms with E-state index in [0.29, 0.717) is 16.3 Å². The van der Waals surface area contributed by atoms with Crippen LogP contribution in [-0.2, 0) is 19.9 Å². The molecule has 0 bridgehead atoms. The maximum Gasteiger partial charge on any atom is 0.180 e. The molecule has 0 fully saturated rings. The summed E-state index contributed by atoms with van der Waals surface area (Å²) in [6, 6.07) is 0. The van der Waals surface area contributed by atoms with E-state index in [1.165, 1.54) is 11.3 Å². The van der Waals surface area contributed by atoms with Crippen molar-refractivity contribution in [1.29, 1.82) is 0 Å². The van der Waals surface area contributed by atoms with Gasteiger partial charge in [-0.2, -0.15) is 5.10 Å². The molecular weight excluding hydrogens is 348 g/mol. The van der Waals surface area contributed by atoms with Crippen LogP contribution in [0.3, 0.4) is 0 Å². The van der Waals surface area contributed by atoms with E-state index in [0.717, 1.165) is 27.8 Å². The van der Waals surface area contributed by atoms with Crippen molar-refractivity contribution in [1.82, 2.24) is 9.78 Å². The van der Waals surface area contributed by atoms with Gasteiger partial charge in [-0.3, -0.25) is 9.48 Å². The number of aryl methyl sites for hydroxylation is 3. The van der Waals surface area contributed by atoms with Crippen LogP contribution in [0.4, 0.5) is 0 Å². The fourth-order valence-corrected chi connectivity index (χ4v) is 3.86. The van der Waals surface area contributed by atoms with E-state index in [9.17, 15) is 4.79 Å². The van der Waals surface area contributed by atoms with Crippen molar-refractivity contribution >= 4 is 44.7 Å². The average Bonchev–Trinajstić information content (AvgIpc) is 2.84. The fraction of sp³-hybridized carbons (Fsp3) is 0.385. The largest absolute Gasteiger partial charge is 0.293 e. The minimum absolute atomic E-state index is 0.0365. The van der Waals surface area contributed by atoms with Crippen LogP contribution in [0.2, 0.25) is 5.02 Å². The van der Waals surface area contributed by atoms with Crippen LogP contribution >= 0.6 is 38.9 Å². The summed E-state index contributed by atoms with van der Waals surface area (Å²) in [5.41, 5.74) is 2.82. The third-order valence-electron chi connectivity index (χ3n) is 2.98. The molecule has 3 nitrogen and oxygen atoms in total. The molecule has 0 aromatic carbocycles. The molecule has 19 heavy (non-hydrogen) atoms. The summed E-state index contributed by atoms with van der Waals surface area (Å²) in [5.74, 6) is 0.0365. The summed E-state index contributed by atoms with van der Waals surface area (Å²) >= 11 is 11.1. The number of nitrogens with zero attached hydrogens (tertiary/aromatic N) is 2. The lowest BCUT2D eigenvalue weighted by Gasteiger charge is -2.02. The number of carbonyl (C=O) groups excluding carboxylic acids is 1. The first kappa shape index (κ1) is 14.8. The number of hydrogen-bond acceptors (Lipinski definition) is 3. The van der Waals surface area contributed by atoms with Gasteiger partial charge in [-0.05, 0) is 40.2 Å². The Labute approximate surface area is 129 Å². The molecule has 0 saturated heterocycles. The zero-order valence-electron chi connectivity index (χ0n) is 11.0. The van der Waals surface area contributed by atoms with Gasteiger partial charge in [0.15, 0.2) is 5.78 Å². The summed E-state index contributed by atoms with van der Waals surface area (Å²) < 4.78 is 2.69. The number of rotatable bonds is 4. The summed E-state index contributed by atoms with van der Waals surface area (Å²) in [6.45, 7) is 3.95. The van der Waals surface area contributed by atoms with Crippen molar-refractivity contribution in [2.24, 2.45) is 7.05 Å². The SMILES string of the molecule is CCc1nn(C)c(CC(=O)c2scc(C)c2Cl)c1Br. The molecular formula is C13H14BrClN2OS. The monoisotopic (exact) mass is 360 g/mol. The lowest BCUT2D eigenvalue weighted by atomic mass is 10.1. The van der Waals surface area contributed by atoms with Crippen molar-refractivity contribution in [2.45, 2.75) is 26.7 Å². The average molecular weight is 362 g/mol. The van der Waals surface area contributed by atoms with Crippen molar-refractivity contribution < 1.29 is 4.79 Å². The predicted octanol–water partition coefficient (Wildman–Crippen LogP) is 4.19. The first-order chi connectivity index (χ1) is 8.95. The first-order valence-electron chi connectivity index (χ1n) is 5.92. The zero-order chi connectivity index (χ0) is 14.2. The molecule has 0 aliphatic rings. The Balaban J connectivity index is 2.29. The first-order valence-corrected chi connectivity index (χ1v) is 7.97. The summed E-state index contributed by atoms with van der Waals surface area (Å²) in [7, 11) is 1.85. The Kier molecular flexibility index (Phi) is 4.48. The highest BCUT2D eigenvalue weighted by molar-refractivity contribution is 9.10. The van der Waals surface area contributed by atoms with Gasteiger partial charge in [-0.15, -0.1) is 11.3 Å². The van der Waals surface area contributed by atoms with E-state index >= 15 is 0 Å². The second-order valence-corrected chi connectivity index (χ2v) is 6.40. The molecule has 0 unspecified atom stereocenters. The van der Waals surface area contributed by atoms with Crippen molar-refractivity contribution in [3.63, 3.8) is 0 Å². The van der Waals surface area contributed by atoms with Gasteiger partial charge in [0.25, 0.3) is 0 Å². The van der Waals surface area contributed by atoms with E-state index in [-0.39, 0.29) is 5.78 Å². The van der Waals surface area contributed by atoms with Gasteiger partial charge in [-0.25, -0.2) is 0 Å². The summed E-state index contributed by atoms with van der Waals surface area (Å²) in [6.07, 6.45) is 1.14. The Morgan fingerprint density at radius 3 is 2.74 bits per heavy atom. The van der Waals surface area contributed by atoms with E-state index in [1.54, 1.807) is 4.68 Å². The predicted molar refractivity (Wildman–Crippen MR) is 82.4 cm³/mol. The van der Waals surface area contributed by atoms with E-state index < -0.39 is 0 Å². The third-order valence-corrected chi connectivity index (χ3v) is 5.64. The van der Waals surface area contributed by atoms with Crippen LogP contribution in [0.1, 0.15) is 33.5 Å². The van der Waals surface area contributed by atoms with Crippen LogP contribution in [0.25, 0.3) is 0 Å². The number of ketones is 1. The highest BCUT2D eigenvalue weighted by Crippen LogP contribution is 2.30. The molecule has 0 radical (unpaired) electrons. The van der Waals surface area contributed by atoms with Gasteiger partial charge >= 0.3 is 0 Å². The maximum atomic E-state index is 12.3. The van der Waals surface area contributed by atoms with Gasteiger partial charge < -0.3 is 0 Å². The molecule has 0 aliphatic carbocycles. The van der Waals surface area contributed by atoms with Gasteiger partial charge in [0.05, 0.1) is 32.2 Å². The molecule has 0 spiro atoms. The lowest BCUT2D eigenvalue weighted by molar-refractivity contribution is 0.0994. The van der Waals surface area contributed by atoms with Crippen molar-refractivity contribution in [3.05, 3.63) is 36.7 Å². The number of thiophene rings is 1. The lowest BCUT2D eigenvalue weighted by Crippen LogP contribution is -2.07.